The van der Waals surface area contributed by atoms with Crippen LogP contribution in [0.15, 0.2) is 18.2 Å². The second-order valence-corrected chi connectivity index (χ2v) is 8.98. The van der Waals surface area contributed by atoms with Crippen LogP contribution in [0, 0.1) is 0 Å². The van der Waals surface area contributed by atoms with Crippen molar-refractivity contribution in [3.8, 4) is 5.75 Å². The summed E-state index contributed by atoms with van der Waals surface area (Å²) in [6, 6.07) is 5.95. The van der Waals surface area contributed by atoms with E-state index in [0.29, 0.717) is 29.6 Å². The van der Waals surface area contributed by atoms with Gasteiger partial charge in [0.2, 0.25) is 0 Å². The second-order valence-electron chi connectivity index (χ2n) is 8.19. The van der Waals surface area contributed by atoms with Crippen molar-refractivity contribution in [1.82, 2.24) is 14.7 Å². The number of ether oxygens (including phenoxy) is 1. The van der Waals surface area contributed by atoms with Gasteiger partial charge in [-0.05, 0) is 31.9 Å². The molecule has 2 heterocycles. The minimum absolute atomic E-state index is 0.0882. The summed E-state index contributed by atoms with van der Waals surface area (Å²) in [6.45, 7) is 5.53. The maximum atomic E-state index is 13.3. The Morgan fingerprint density at radius 3 is 2.52 bits per heavy atom. The number of rotatable bonds is 6. The molecule has 1 aromatic heterocycles. The molecule has 170 valence electrons. The van der Waals surface area contributed by atoms with E-state index in [2.05, 4.69) is 21.8 Å². The highest BCUT2D eigenvalue weighted by atomic mass is 35.5. The van der Waals surface area contributed by atoms with Crippen molar-refractivity contribution in [1.29, 1.82) is 0 Å². The van der Waals surface area contributed by atoms with Crippen LogP contribution in [-0.2, 0) is 12.7 Å². The number of hydrogen-bond donors (Lipinski definition) is 0. The zero-order valence-electron chi connectivity index (χ0n) is 17.4. The van der Waals surface area contributed by atoms with E-state index in [4.69, 9.17) is 27.9 Å². The Morgan fingerprint density at radius 2 is 1.90 bits per heavy atom. The summed E-state index contributed by atoms with van der Waals surface area (Å²) in [5.41, 5.74) is 0.608. The molecule has 0 radical (unpaired) electrons. The highest BCUT2D eigenvalue weighted by Crippen LogP contribution is 2.46. The molecule has 2 aliphatic rings. The molecule has 1 atom stereocenters. The predicted octanol–water partition coefficient (Wildman–Crippen LogP) is 5.31. The summed E-state index contributed by atoms with van der Waals surface area (Å²) in [5, 5.41) is 4.18. The van der Waals surface area contributed by atoms with Crippen molar-refractivity contribution < 1.29 is 17.9 Å². The van der Waals surface area contributed by atoms with E-state index >= 15 is 0 Å². The van der Waals surface area contributed by atoms with Gasteiger partial charge < -0.3 is 9.64 Å². The SMILES string of the molecule is COc1cc(N2CCN(CCn3nc(C(F)(F)F)c(Cl)c3C3CC3)[C@@H](C)C2)ccc1Cl. The largest absolute Gasteiger partial charge is 0.495 e. The van der Waals surface area contributed by atoms with Gasteiger partial charge in [0, 0.05) is 49.9 Å². The smallest absolute Gasteiger partial charge is 0.436 e. The quantitative estimate of drug-likeness (QED) is 0.565. The summed E-state index contributed by atoms with van der Waals surface area (Å²) in [7, 11) is 1.59. The van der Waals surface area contributed by atoms with Crippen LogP contribution in [0.2, 0.25) is 10.0 Å². The molecule has 1 aliphatic carbocycles. The van der Waals surface area contributed by atoms with Gasteiger partial charge in [-0.25, -0.2) is 0 Å². The van der Waals surface area contributed by atoms with Crippen LogP contribution in [0.1, 0.15) is 37.1 Å². The monoisotopic (exact) mass is 476 g/mol. The van der Waals surface area contributed by atoms with Gasteiger partial charge >= 0.3 is 6.18 Å². The first-order valence-corrected chi connectivity index (χ1v) is 11.1. The van der Waals surface area contributed by atoms with Crippen molar-refractivity contribution >= 4 is 28.9 Å². The van der Waals surface area contributed by atoms with E-state index in [-0.39, 0.29) is 17.0 Å². The third kappa shape index (κ3) is 4.76. The molecular weight excluding hydrogens is 452 g/mol. The molecule has 5 nitrogen and oxygen atoms in total. The Hall–Kier alpha value is -1.64. The Kier molecular flexibility index (Phi) is 6.34. The van der Waals surface area contributed by atoms with Gasteiger partial charge in [0.05, 0.1) is 29.4 Å². The summed E-state index contributed by atoms with van der Waals surface area (Å²) in [5.74, 6) is 0.725. The van der Waals surface area contributed by atoms with Crippen LogP contribution >= 0.6 is 23.2 Å². The van der Waals surface area contributed by atoms with Crippen molar-refractivity contribution in [3.63, 3.8) is 0 Å². The lowest BCUT2D eigenvalue weighted by molar-refractivity contribution is -0.141. The van der Waals surface area contributed by atoms with Gasteiger partial charge in [-0.1, -0.05) is 23.2 Å². The van der Waals surface area contributed by atoms with Crippen LogP contribution in [-0.4, -0.2) is 54.0 Å². The fourth-order valence-corrected chi connectivity index (χ4v) is 4.77. The molecule has 2 fully saturated rings. The topological polar surface area (TPSA) is 33.5 Å². The lowest BCUT2D eigenvalue weighted by atomic mass is 10.1. The molecule has 1 aliphatic heterocycles. The molecule has 1 saturated carbocycles. The summed E-state index contributed by atoms with van der Waals surface area (Å²) >= 11 is 12.2. The van der Waals surface area contributed by atoms with Crippen LogP contribution in [0.25, 0.3) is 0 Å². The van der Waals surface area contributed by atoms with Crippen molar-refractivity contribution in [3.05, 3.63) is 39.6 Å². The van der Waals surface area contributed by atoms with E-state index in [1.807, 2.05) is 18.2 Å². The van der Waals surface area contributed by atoms with Gasteiger partial charge in [-0.3, -0.25) is 9.58 Å². The lowest BCUT2D eigenvalue weighted by Gasteiger charge is -2.41. The average molecular weight is 477 g/mol. The molecule has 1 aromatic carbocycles. The summed E-state index contributed by atoms with van der Waals surface area (Å²) in [4.78, 5) is 4.55. The molecule has 0 amide bonds. The van der Waals surface area contributed by atoms with Gasteiger partial charge in [0.15, 0.2) is 5.69 Å². The first kappa shape index (κ1) is 22.6. The normalized spacial score (nSPS) is 20.4. The zero-order chi connectivity index (χ0) is 22.3. The Labute approximate surface area is 189 Å². The summed E-state index contributed by atoms with van der Waals surface area (Å²) < 4.78 is 46.6. The lowest BCUT2D eigenvalue weighted by Crippen LogP contribution is -2.52. The number of benzene rings is 1. The molecule has 0 bridgehead atoms. The highest BCUT2D eigenvalue weighted by Gasteiger charge is 2.42. The van der Waals surface area contributed by atoms with Crippen molar-refractivity contribution in [2.24, 2.45) is 0 Å². The molecule has 0 unspecified atom stereocenters. The number of halogens is 5. The van der Waals surface area contributed by atoms with Crippen LogP contribution in [0.4, 0.5) is 18.9 Å². The number of anilines is 1. The molecule has 4 rings (SSSR count). The molecule has 2 aromatic rings. The second kappa shape index (κ2) is 8.71. The van der Waals surface area contributed by atoms with Gasteiger partial charge in [-0.2, -0.15) is 18.3 Å². The molecule has 10 heteroatoms. The zero-order valence-corrected chi connectivity index (χ0v) is 18.9. The average Bonchev–Trinajstić information content (AvgIpc) is 3.49. The van der Waals surface area contributed by atoms with E-state index in [1.54, 1.807) is 7.11 Å². The van der Waals surface area contributed by atoms with Crippen LogP contribution in [0.3, 0.4) is 0 Å². The number of hydrogen-bond acceptors (Lipinski definition) is 4. The number of aromatic nitrogens is 2. The van der Waals surface area contributed by atoms with Crippen LogP contribution in [0.5, 0.6) is 5.75 Å². The third-order valence-electron chi connectivity index (χ3n) is 6.03. The number of methoxy groups -OCH3 is 1. The van der Waals surface area contributed by atoms with E-state index in [0.717, 1.165) is 38.2 Å². The Morgan fingerprint density at radius 1 is 1.16 bits per heavy atom. The molecular formula is C21H25Cl2F3N4O. The van der Waals surface area contributed by atoms with E-state index < -0.39 is 11.9 Å². The van der Waals surface area contributed by atoms with Crippen molar-refractivity contribution in [2.75, 3.05) is 38.2 Å². The molecule has 0 N–H and O–H groups in total. The highest BCUT2D eigenvalue weighted by molar-refractivity contribution is 6.32. The van der Waals surface area contributed by atoms with Crippen molar-refractivity contribution in [2.45, 2.75) is 44.4 Å². The van der Waals surface area contributed by atoms with Gasteiger partial charge in [0.25, 0.3) is 0 Å². The minimum atomic E-state index is -4.54. The predicted molar refractivity (Wildman–Crippen MR) is 115 cm³/mol. The first-order valence-electron chi connectivity index (χ1n) is 10.3. The fraction of sp³-hybridized carbons (Fsp3) is 0.571. The van der Waals surface area contributed by atoms with Crippen LogP contribution < -0.4 is 9.64 Å². The van der Waals surface area contributed by atoms with Gasteiger partial charge in [0.1, 0.15) is 5.75 Å². The third-order valence-corrected chi connectivity index (χ3v) is 6.71. The Balaban J connectivity index is 1.42. The standard InChI is InChI=1S/C21H25Cl2F3N4O/c1-13-12-29(15-5-6-16(22)17(11-15)31-2)8-7-28(13)9-10-30-19(14-3-4-14)18(23)20(27-30)21(24,25)26/h5-6,11,13-14H,3-4,7-10,12H2,1-2H3/t13-/m0/s1. The van der Waals surface area contributed by atoms with E-state index in [9.17, 15) is 13.2 Å². The van der Waals surface area contributed by atoms with Gasteiger partial charge in [-0.15, -0.1) is 0 Å². The number of piperazine rings is 1. The first-order chi connectivity index (χ1) is 14.7. The molecule has 31 heavy (non-hydrogen) atoms. The number of nitrogens with zero attached hydrogens (tertiary/aromatic N) is 4. The molecule has 1 saturated heterocycles. The minimum Gasteiger partial charge on any atom is -0.495 e. The van der Waals surface area contributed by atoms with E-state index in [1.165, 1.54) is 4.68 Å². The summed E-state index contributed by atoms with van der Waals surface area (Å²) in [6.07, 6.45) is -2.81. The number of alkyl halides is 3. The molecule has 0 spiro atoms. The maximum absolute atomic E-state index is 13.3. The Bertz CT molecular complexity index is 945. The maximum Gasteiger partial charge on any atom is 0.436 e. The fourth-order valence-electron chi connectivity index (χ4n) is 4.18.